The fourth-order valence-corrected chi connectivity index (χ4v) is 1.97. The third-order valence-corrected chi connectivity index (χ3v) is 2.83. The molecule has 1 rings (SSSR count). The summed E-state index contributed by atoms with van der Waals surface area (Å²) in [7, 11) is 0. The van der Waals surface area contributed by atoms with Crippen molar-refractivity contribution < 1.29 is 23.9 Å². The summed E-state index contributed by atoms with van der Waals surface area (Å²) in [6.07, 6.45) is -0.916. The fraction of sp³-hybridized carbons (Fsp3) is 0.471. The Kier molecular flexibility index (Phi) is 6.75. The molecule has 1 aromatic carbocycles. The van der Waals surface area contributed by atoms with Crippen LogP contribution in [0.5, 0.6) is 0 Å². The Bertz CT molecular complexity index is 536. The lowest BCUT2D eigenvalue weighted by Gasteiger charge is -2.26. The Morgan fingerprint density at radius 2 is 1.83 bits per heavy atom. The highest BCUT2D eigenvalue weighted by Crippen LogP contribution is 2.11. The number of esters is 1. The Balaban J connectivity index is 2.88. The lowest BCUT2D eigenvalue weighted by Crippen LogP contribution is -2.48. The number of ether oxygens (including phenoxy) is 2. The van der Waals surface area contributed by atoms with Gasteiger partial charge in [-0.05, 0) is 32.8 Å². The highest BCUT2D eigenvalue weighted by Gasteiger charge is 2.28. The minimum Gasteiger partial charge on any atom is -0.453 e. The molecule has 6 nitrogen and oxygen atoms in total. The molecule has 1 amide bonds. The normalized spacial score (nSPS) is 13.6. The first-order valence-electron chi connectivity index (χ1n) is 7.37. The molecule has 0 bridgehead atoms. The summed E-state index contributed by atoms with van der Waals surface area (Å²) in [5.41, 5.74) is 0.229. The number of hydrogen-bond acceptors (Lipinski definition) is 5. The third-order valence-electron chi connectivity index (χ3n) is 2.83. The van der Waals surface area contributed by atoms with Crippen LogP contribution in [0.1, 0.15) is 33.3 Å². The second kappa shape index (κ2) is 8.31. The Hall–Kier alpha value is -2.37. The van der Waals surface area contributed by atoms with Crippen LogP contribution in [0.4, 0.5) is 4.79 Å². The van der Waals surface area contributed by atoms with Crippen LogP contribution in [0.2, 0.25) is 0 Å². The number of amides is 1. The van der Waals surface area contributed by atoms with Crippen LogP contribution in [0, 0.1) is 0 Å². The summed E-state index contributed by atoms with van der Waals surface area (Å²) in [5.74, 6) is -0.592. The van der Waals surface area contributed by atoms with E-state index in [1.165, 1.54) is 6.92 Å². The number of carbonyl (C=O) groups is 3. The maximum absolute atomic E-state index is 12.0. The first kappa shape index (κ1) is 18.7. The summed E-state index contributed by atoms with van der Waals surface area (Å²) in [6, 6.07) is 8.57. The lowest BCUT2D eigenvalue weighted by atomic mass is 10.0. The van der Waals surface area contributed by atoms with E-state index in [2.05, 4.69) is 5.32 Å². The van der Waals surface area contributed by atoms with Gasteiger partial charge in [0, 0.05) is 6.92 Å². The standard InChI is InChI=1S/C17H23NO5/c1-12(20)22-15(11-19)14(10-13-8-6-5-7-9-13)18-16(21)23-17(2,3)4/h5-9,11,14-15H,10H2,1-4H3,(H,18,21). The molecule has 0 fully saturated rings. The van der Waals surface area contributed by atoms with Gasteiger partial charge in [-0.25, -0.2) is 4.79 Å². The van der Waals surface area contributed by atoms with Crippen LogP contribution in [0.25, 0.3) is 0 Å². The molecule has 23 heavy (non-hydrogen) atoms. The Morgan fingerprint density at radius 3 is 2.30 bits per heavy atom. The molecule has 6 heteroatoms. The first-order chi connectivity index (χ1) is 10.7. The molecule has 1 N–H and O–H groups in total. The number of carbonyl (C=O) groups excluding carboxylic acids is 3. The van der Waals surface area contributed by atoms with E-state index in [0.29, 0.717) is 12.7 Å². The zero-order chi connectivity index (χ0) is 17.5. The van der Waals surface area contributed by atoms with E-state index >= 15 is 0 Å². The van der Waals surface area contributed by atoms with Crippen molar-refractivity contribution in [1.29, 1.82) is 0 Å². The predicted molar refractivity (Wildman–Crippen MR) is 84.9 cm³/mol. The topological polar surface area (TPSA) is 81.7 Å². The molecule has 2 unspecified atom stereocenters. The smallest absolute Gasteiger partial charge is 0.408 e. The SMILES string of the molecule is CC(=O)OC(C=O)C(Cc1ccccc1)NC(=O)OC(C)(C)C. The van der Waals surface area contributed by atoms with Gasteiger partial charge in [0.2, 0.25) is 0 Å². The fourth-order valence-electron chi connectivity index (χ4n) is 1.97. The van der Waals surface area contributed by atoms with Crippen molar-refractivity contribution in [3.63, 3.8) is 0 Å². The molecule has 0 heterocycles. The maximum Gasteiger partial charge on any atom is 0.408 e. The number of rotatable bonds is 6. The summed E-state index contributed by atoms with van der Waals surface area (Å²) >= 11 is 0. The van der Waals surface area contributed by atoms with E-state index in [1.807, 2.05) is 30.3 Å². The van der Waals surface area contributed by atoms with Crippen molar-refractivity contribution in [2.45, 2.75) is 51.9 Å². The van der Waals surface area contributed by atoms with Crippen molar-refractivity contribution in [2.75, 3.05) is 0 Å². The minimum atomic E-state index is -1.08. The molecule has 2 atom stereocenters. The van der Waals surface area contributed by atoms with Crippen LogP contribution in [-0.2, 0) is 25.5 Å². The van der Waals surface area contributed by atoms with Gasteiger partial charge in [-0.3, -0.25) is 9.59 Å². The van der Waals surface area contributed by atoms with Crippen molar-refractivity contribution in [1.82, 2.24) is 5.32 Å². The largest absolute Gasteiger partial charge is 0.453 e. The maximum atomic E-state index is 12.0. The molecule has 0 saturated carbocycles. The molecule has 0 aliphatic rings. The van der Waals surface area contributed by atoms with E-state index in [0.717, 1.165) is 5.56 Å². The van der Waals surface area contributed by atoms with Crippen molar-refractivity contribution in [3.05, 3.63) is 35.9 Å². The number of aldehydes is 1. The molecular weight excluding hydrogens is 298 g/mol. The monoisotopic (exact) mass is 321 g/mol. The van der Waals surface area contributed by atoms with Crippen LogP contribution >= 0.6 is 0 Å². The summed E-state index contributed by atoms with van der Waals surface area (Å²) in [6.45, 7) is 6.43. The second-order valence-electron chi connectivity index (χ2n) is 6.15. The van der Waals surface area contributed by atoms with E-state index in [9.17, 15) is 14.4 Å². The number of nitrogens with one attached hydrogen (secondary N) is 1. The molecule has 0 radical (unpaired) electrons. The Labute approximate surface area is 136 Å². The molecule has 0 aromatic heterocycles. The molecular formula is C17H23NO5. The number of alkyl carbamates (subject to hydrolysis) is 1. The molecule has 0 saturated heterocycles. The van der Waals surface area contributed by atoms with E-state index in [-0.39, 0.29) is 0 Å². The van der Waals surface area contributed by atoms with E-state index in [4.69, 9.17) is 9.47 Å². The molecule has 126 valence electrons. The van der Waals surface area contributed by atoms with Crippen LogP contribution in [0.3, 0.4) is 0 Å². The van der Waals surface area contributed by atoms with Gasteiger partial charge < -0.3 is 14.8 Å². The van der Waals surface area contributed by atoms with Gasteiger partial charge >= 0.3 is 12.1 Å². The van der Waals surface area contributed by atoms with Gasteiger partial charge in [-0.1, -0.05) is 30.3 Å². The molecule has 0 spiro atoms. The van der Waals surface area contributed by atoms with E-state index in [1.54, 1.807) is 20.8 Å². The van der Waals surface area contributed by atoms with E-state index < -0.39 is 29.8 Å². The third kappa shape index (κ3) is 7.44. The summed E-state index contributed by atoms with van der Waals surface area (Å²) in [5, 5.41) is 2.61. The first-order valence-corrected chi connectivity index (χ1v) is 7.37. The molecule has 0 aliphatic carbocycles. The second-order valence-corrected chi connectivity index (χ2v) is 6.15. The highest BCUT2D eigenvalue weighted by molar-refractivity contribution is 5.72. The zero-order valence-corrected chi connectivity index (χ0v) is 13.9. The van der Waals surface area contributed by atoms with Crippen LogP contribution < -0.4 is 5.32 Å². The molecule has 1 aromatic rings. The van der Waals surface area contributed by atoms with Gasteiger partial charge in [-0.2, -0.15) is 0 Å². The quantitative estimate of drug-likeness (QED) is 0.642. The van der Waals surface area contributed by atoms with Gasteiger partial charge in [0.1, 0.15) is 5.60 Å². The van der Waals surface area contributed by atoms with Gasteiger partial charge in [0.25, 0.3) is 0 Å². The number of benzene rings is 1. The van der Waals surface area contributed by atoms with Crippen molar-refractivity contribution >= 4 is 18.3 Å². The lowest BCUT2D eigenvalue weighted by molar-refractivity contribution is -0.151. The predicted octanol–water partition coefficient (Wildman–Crippen LogP) is 2.25. The Morgan fingerprint density at radius 1 is 1.22 bits per heavy atom. The molecule has 0 aliphatic heterocycles. The minimum absolute atomic E-state index is 0.330. The highest BCUT2D eigenvalue weighted by atomic mass is 16.6. The zero-order valence-electron chi connectivity index (χ0n) is 13.9. The van der Waals surface area contributed by atoms with Crippen LogP contribution in [0.15, 0.2) is 30.3 Å². The average molecular weight is 321 g/mol. The summed E-state index contributed by atoms with van der Waals surface area (Å²) < 4.78 is 10.2. The van der Waals surface area contributed by atoms with Crippen LogP contribution in [-0.4, -0.2) is 36.1 Å². The van der Waals surface area contributed by atoms with Gasteiger partial charge in [0.05, 0.1) is 6.04 Å². The summed E-state index contributed by atoms with van der Waals surface area (Å²) in [4.78, 5) is 34.4. The van der Waals surface area contributed by atoms with Gasteiger partial charge in [-0.15, -0.1) is 0 Å². The van der Waals surface area contributed by atoms with Crippen molar-refractivity contribution in [3.8, 4) is 0 Å². The van der Waals surface area contributed by atoms with Gasteiger partial charge in [0.15, 0.2) is 12.4 Å². The average Bonchev–Trinajstić information content (AvgIpc) is 2.43. The van der Waals surface area contributed by atoms with Crippen molar-refractivity contribution in [2.24, 2.45) is 0 Å². The number of hydrogen-bond donors (Lipinski definition) is 1.